The Labute approximate surface area is 192 Å². The van der Waals surface area contributed by atoms with Gasteiger partial charge in [0.1, 0.15) is 5.65 Å². The highest BCUT2D eigenvalue weighted by Crippen LogP contribution is 2.62. The van der Waals surface area contributed by atoms with E-state index < -0.39 is 0 Å². The molecule has 0 spiro atoms. The van der Waals surface area contributed by atoms with E-state index >= 15 is 0 Å². The summed E-state index contributed by atoms with van der Waals surface area (Å²) in [7, 11) is 0. The van der Waals surface area contributed by atoms with Crippen LogP contribution in [0.5, 0.6) is 0 Å². The minimum absolute atomic E-state index is 0.101. The summed E-state index contributed by atoms with van der Waals surface area (Å²) >= 11 is 0. The van der Waals surface area contributed by atoms with Gasteiger partial charge in [0.05, 0.1) is 11.0 Å². The van der Waals surface area contributed by atoms with Gasteiger partial charge in [0.2, 0.25) is 0 Å². The van der Waals surface area contributed by atoms with Crippen LogP contribution in [0.4, 0.5) is 0 Å². The second-order valence-electron chi connectivity index (χ2n) is 12.0. The van der Waals surface area contributed by atoms with Gasteiger partial charge in [-0.25, -0.2) is 4.98 Å². The number of benzene rings is 2. The van der Waals surface area contributed by atoms with Crippen molar-refractivity contribution in [1.29, 1.82) is 0 Å². The summed E-state index contributed by atoms with van der Waals surface area (Å²) in [5.41, 5.74) is 8.41. The second-order valence-corrected chi connectivity index (χ2v) is 12.0. The zero-order valence-corrected chi connectivity index (χ0v) is 20.5. The molecule has 0 amide bonds. The van der Waals surface area contributed by atoms with Gasteiger partial charge >= 0.3 is 0 Å². The molecule has 0 bridgehead atoms. The molecular weight excluding hydrogens is 388 g/mol. The highest BCUT2D eigenvalue weighted by atomic mass is 15.0. The molecular formula is C30H36N2. The summed E-state index contributed by atoms with van der Waals surface area (Å²) in [6.07, 6.45) is 6.66. The van der Waals surface area contributed by atoms with Crippen molar-refractivity contribution in [3.63, 3.8) is 0 Å². The van der Waals surface area contributed by atoms with Gasteiger partial charge in [0.25, 0.3) is 0 Å². The third-order valence-corrected chi connectivity index (χ3v) is 10.1. The largest absolute Gasteiger partial charge is 0.296 e. The molecule has 0 saturated heterocycles. The number of hydrogen-bond donors (Lipinski definition) is 0. The molecule has 32 heavy (non-hydrogen) atoms. The first-order valence-electron chi connectivity index (χ1n) is 12.5. The van der Waals surface area contributed by atoms with Crippen LogP contribution < -0.4 is 0 Å². The summed E-state index contributed by atoms with van der Waals surface area (Å²) in [6, 6.07) is 16.2. The Morgan fingerprint density at radius 1 is 0.812 bits per heavy atom. The topological polar surface area (TPSA) is 17.3 Å². The van der Waals surface area contributed by atoms with Crippen LogP contribution in [-0.4, -0.2) is 9.38 Å². The molecule has 2 heteroatoms. The van der Waals surface area contributed by atoms with E-state index in [0.717, 1.165) is 11.2 Å². The molecule has 2 aliphatic carbocycles. The summed E-state index contributed by atoms with van der Waals surface area (Å²) in [5.74, 6) is 0.627. The number of rotatable bonds is 1. The van der Waals surface area contributed by atoms with E-state index in [1.165, 1.54) is 65.2 Å². The summed E-state index contributed by atoms with van der Waals surface area (Å²) in [5, 5.41) is 2.59. The van der Waals surface area contributed by atoms with Crippen LogP contribution in [0.2, 0.25) is 0 Å². The molecule has 2 heterocycles. The number of pyridine rings is 1. The molecule has 6 rings (SSSR count). The van der Waals surface area contributed by atoms with Gasteiger partial charge in [-0.05, 0) is 69.7 Å². The number of nitrogens with zero attached hydrogens (tertiary/aromatic N) is 2. The van der Waals surface area contributed by atoms with Crippen LogP contribution in [0, 0.1) is 5.41 Å². The van der Waals surface area contributed by atoms with Gasteiger partial charge in [0.15, 0.2) is 0 Å². The Kier molecular flexibility index (Phi) is 4.03. The second kappa shape index (κ2) is 6.37. The van der Waals surface area contributed by atoms with E-state index in [9.17, 15) is 0 Å². The van der Waals surface area contributed by atoms with Crippen molar-refractivity contribution in [2.45, 2.75) is 90.4 Å². The number of fused-ring (bicyclic) bond motifs is 6. The van der Waals surface area contributed by atoms with E-state index in [-0.39, 0.29) is 16.2 Å². The maximum absolute atomic E-state index is 5.30. The van der Waals surface area contributed by atoms with Crippen molar-refractivity contribution >= 4 is 27.5 Å². The van der Waals surface area contributed by atoms with Gasteiger partial charge in [0, 0.05) is 11.1 Å². The molecule has 2 aliphatic rings. The molecule has 0 unspecified atom stereocenters. The minimum atomic E-state index is 0.101. The Morgan fingerprint density at radius 3 is 2.19 bits per heavy atom. The average molecular weight is 425 g/mol. The lowest BCUT2D eigenvalue weighted by atomic mass is 9.59. The van der Waals surface area contributed by atoms with Crippen LogP contribution in [0.15, 0.2) is 42.5 Å². The normalized spacial score (nSPS) is 22.1. The molecule has 166 valence electrons. The molecule has 1 fully saturated rings. The van der Waals surface area contributed by atoms with E-state index in [2.05, 4.69) is 88.4 Å². The summed E-state index contributed by atoms with van der Waals surface area (Å²) in [6.45, 7) is 14.6. The van der Waals surface area contributed by atoms with Crippen molar-refractivity contribution in [3.8, 4) is 0 Å². The van der Waals surface area contributed by atoms with Gasteiger partial charge in [-0.15, -0.1) is 0 Å². The van der Waals surface area contributed by atoms with E-state index in [1.54, 1.807) is 0 Å². The van der Waals surface area contributed by atoms with Crippen LogP contribution in [0.3, 0.4) is 0 Å². The van der Waals surface area contributed by atoms with Crippen molar-refractivity contribution in [3.05, 3.63) is 59.3 Å². The predicted molar refractivity (Wildman–Crippen MR) is 136 cm³/mol. The van der Waals surface area contributed by atoms with Crippen LogP contribution >= 0.6 is 0 Å². The van der Waals surface area contributed by atoms with Crippen LogP contribution in [-0.2, 0) is 10.8 Å². The van der Waals surface area contributed by atoms with Crippen LogP contribution in [0.1, 0.15) is 96.4 Å². The lowest BCUT2D eigenvalue weighted by molar-refractivity contribution is 0.125. The Balaban J connectivity index is 1.74. The van der Waals surface area contributed by atoms with Crippen molar-refractivity contribution in [1.82, 2.24) is 9.38 Å². The van der Waals surface area contributed by atoms with Gasteiger partial charge < -0.3 is 0 Å². The number of aromatic nitrogens is 2. The van der Waals surface area contributed by atoms with Crippen molar-refractivity contribution in [2.24, 2.45) is 5.41 Å². The first-order chi connectivity index (χ1) is 15.1. The average Bonchev–Trinajstić information content (AvgIpc) is 3.20. The Hall–Kier alpha value is -2.35. The predicted octanol–water partition coefficient (Wildman–Crippen LogP) is 8.28. The molecule has 0 aliphatic heterocycles. The molecule has 0 radical (unpaired) electrons. The Morgan fingerprint density at radius 2 is 1.47 bits per heavy atom. The lowest BCUT2D eigenvalue weighted by Gasteiger charge is -2.44. The van der Waals surface area contributed by atoms with Crippen LogP contribution in [0.25, 0.3) is 27.5 Å². The van der Waals surface area contributed by atoms with E-state index in [1.807, 2.05) is 0 Å². The number of imidazole rings is 1. The molecule has 2 aromatic carbocycles. The monoisotopic (exact) mass is 424 g/mol. The smallest absolute Gasteiger partial charge is 0.146 e. The SMILES string of the molecule is CC1(C)c2cc3nc4c5ccccc5cc(C5CCCCC5)n4c3cc2C(C)(C)C1(C)C. The quantitative estimate of drug-likeness (QED) is 0.300. The molecule has 2 nitrogen and oxygen atoms in total. The van der Waals surface area contributed by atoms with Crippen molar-refractivity contribution < 1.29 is 0 Å². The lowest BCUT2D eigenvalue weighted by Crippen LogP contribution is -2.42. The van der Waals surface area contributed by atoms with E-state index in [0.29, 0.717) is 5.92 Å². The fourth-order valence-corrected chi connectivity index (χ4v) is 6.80. The molecule has 4 aromatic rings. The van der Waals surface area contributed by atoms with Gasteiger partial charge in [-0.3, -0.25) is 4.40 Å². The Bertz CT molecular complexity index is 1380. The standard InChI is InChI=1S/C30H36N2/c1-28(2)22-17-24-26(18-23(22)29(3,4)30(28,5)6)32-25(19-12-8-7-9-13-19)16-20-14-10-11-15-21(20)27(32)31-24/h10-11,14-19H,7-9,12-13H2,1-6H3. The van der Waals surface area contributed by atoms with Gasteiger partial charge in [-0.2, -0.15) is 0 Å². The molecule has 2 aromatic heterocycles. The molecule has 0 atom stereocenters. The fourth-order valence-electron chi connectivity index (χ4n) is 6.80. The minimum Gasteiger partial charge on any atom is -0.296 e. The molecule has 1 saturated carbocycles. The highest BCUT2D eigenvalue weighted by Gasteiger charge is 2.57. The first kappa shape index (κ1) is 20.3. The zero-order chi connectivity index (χ0) is 22.5. The summed E-state index contributed by atoms with van der Waals surface area (Å²) < 4.78 is 2.53. The third-order valence-electron chi connectivity index (χ3n) is 10.1. The zero-order valence-electron chi connectivity index (χ0n) is 20.5. The fraction of sp³-hybridized carbons (Fsp3) is 0.500. The first-order valence-corrected chi connectivity index (χ1v) is 12.5. The maximum Gasteiger partial charge on any atom is 0.146 e. The maximum atomic E-state index is 5.30. The highest BCUT2D eigenvalue weighted by molar-refractivity contribution is 5.99. The summed E-state index contributed by atoms with van der Waals surface area (Å²) in [4.78, 5) is 5.30. The third kappa shape index (κ3) is 2.39. The van der Waals surface area contributed by atoms with Gasteiger partial charge in [-0.1, -0.05) is 85.1 Å². The molecule has 0 N–H and O–H groups in total. The van der Waals surface area contributed by atoms with E-state index in [4.69, 9.17) is 4.98 Å². The number of hydrogen-bond acceptors (Lipinski definition) is 1. The van der Waals surface area contributed by atoms with Crippen molar-refractivity contribution in [2.75, 3.05) is 0 Å².